The van der Waals surface area contributed by atoms with E-state index in [2.05, 4.69) is 0 Å². The van der Waals surface area contributed by atoms with Crippen LogP contribution in [0.5, 0.6) is 11.5 Å². The summed E-state index contributed by atoms with van der Waals surface area (Å²) >= 11 is 0. The second kappa shape index (κ2) is 4.88. The monoisotopic (exact) mass is 222 g/mol. The van der Waals surface area contributed by atoms with Gasteiger partial charge < -0.3 is 14.6 Å². The van der Waals surface area contributed by atoms with E-state index in [-0.39, 0.29) is 6.42 Å². The predicted molar refractivity (Wildman–Crippen MR) is 58.0 cm³/mol. The van der Waals surface area contributed by atoms with Crippen LogP contribution >= 0.6 is 0 Å². The summed E-state index contributed by atoms with van der Waals surface area (Å²) < 4.78 is 10.9. The molecule has 1 heterocycles. The fourth-order valence-corrected chi connectivity index (χ4v) is 1.69. The van der Waals surface area contributed by atoms with E-state index >= 15 is 0 Å². The summed E-state index contributed by atoms with van der Waals surface area (Å²) in [6.45, 7) is 1.16. The number of hydrogen-bond donors (Lipinski definition) is 1. The number of hydrogen-bond acceptors (Lipinski definition) is 3. The number of carbonyl (C=O) groups is 1. The van der Waals surface area contributed by atoms with Crippen molar-refractivity contribution in [3.8, 4) is 11.5 Å². The van der Waals surface area contributed by atoms with E-state index in [1.165, 1.54) is 0 Å². The molecule has 1 aliphatic heterocycles. The van der Waals surface area contributed by atoms with Crippen LogP contribution in [-0.2, 0) is 11.2 Å². The highest BCUT2D eigenvalue weighted by atomic mass is 16.6. The van der Waals surface area contributed by atoms with Crippen LogP contribution in [0, 0.1) is 0 Å². The van der Waals surface area contributed by atoms with Gasteiger partial charge in [0.25, 0.3) is 0 Å². The van der Waals surface area contributed by atoms with Crippen LogP contribution in [0.1, 0.15) is 18.4 Å². The van der Waals surface area contributed by atoms with Crippen molar-refractivity contribution in [1.29, 1.82) is 0 Å². The Hall–Kier alpha value is -1.71. The largest absolute Gasteiger partial charge is 0.486 e. The zero-order chi connectivity index (χ0) is 11.4. The molecule has 0 unspecified atom stereocenters. The molecule has 0 radical (unpaired) electrons. The van der Waals surface area contributed by atoms with Crippen molar-refractivity contribution < 1.29 is 19.4 Å². The van der Waals surface area contributed by atoms with E-state index in [1.54, 1.807) is 0 Å². The standard InChI is InChI=1S/C12H14O4/c13-12(14)3-1-2-9-4-5-10-11(8-9)16-7-6-15-10/h4-5,8H,1-3,6-7H2,(H,13,14). The average Bonchev–Trinajstić information content (AvgIpc) is 2.28. The third-order valence-corrected chi connectivity index (χ3v) is 2.46. The molecule has 0 saturated heterocycles. The van der Waals surface area contributed by atoms with Gasteiger partial charge in [-0.05, 0) is 30.5 Å². The summed E-state index contributed by atoms with van der Waals surface area (Å²) in [4.78, 5) is 10.4. The first-order valence-electron chi connectivity index (χ1n) is 5.36. The quantitative estimate of drug-likeness (QED) is 0.844. The number of fused-ring (bicyclic) bond motifs is 1. The Morgan fingerprint density at radius 2 is 2.00 bits per heavy atom. The van der Waals surface area contributed by atoms with Crippen molar-refractivity contribution in [2.75, 3.05) is 13.2 Å². The van der Waals surface area contributed by atoms with Gasteiger partial charge in [0, 0.05) is 6.42 Å². The Labute approximate surface area is 93.8 Å². The molecule has 0 bridgehead atoms. The second-order valence-electron chi connectivity index (χ2n) is 3.73. The number of ether oxygens (including phenoxy) is 2. The molecule has 1 N–H and O–H groups in total. The average molecular weight is 222 g/mol. The molecule has 2 rings (SSSR count). The van der Waals surface area contributed by atoms with E-state index in [4.69, 9.17) is 14.6 Å². The third-order valence-electron chi connectivity index (χ3n) is 2.46. The molecule has 0 spiro atoms. The first-order valence-corrected chi connectivity index (χ1v) is 5.36. The molecule has 0 aliphatic carbocycles. The maximum atomic E-state index is 10.4. The lowest BCUT2D eigenvalue weighted by atomic mass is 10.1. The number of aliphatic carboxylic acids is 1. The van der Waals surface area contributed by atoms with Gasteiger partial charge in [-0.2, -0.15) is 0 Å². The zero-order valence-corrected chi connectivity index (χ0v) is 8.94. The van der Waals surface area contributed by atoms with Crippen LogP contribution in [0.15, 0.2) is 18.2 Å². The van der Waals surface area contributed by atoms with Crippen LogP contribution < -0.4 is 9.47 Å². The molecular weight excluding hydrogens is 208 g/mol. The molecule has 1 aromatic rings. The second-order valence-corrected chi connectivity index (χ2v) is 3.73. The van der Waals surface area contributed by atoms with Crippen LogP contribution in [-0.4, -0.2) is 24.3 Å². The molecule has 1 aliphatic rings. The summed E-state index contributed by atoms with van der Waals surface area (Å²) in [5, 5.41) is 8.54. The minimum absolute atomic E-state index is 0.203. The predicted octanol–water partition coefficient (Wildman–Crippen LogP) is 1.87. The summed E-state index contributed by atoms with van der Waals surface area (Å²) in [5.41, 5.74) is 1.09. The topological polar surface area (TPSA) is 55.8 Å². The minimum Gasteiger partial charge on any atom is -0.486 e. The lowest BCUT2D eigenvalue weighted by molar-refractivity contribution is -0.137. The van der Waals surface area contributed by atoms with Gasteiger partial charge in [-0.25, -0.2) is 0 Å². The molecule has 4 heteroatoms. The van der Waals surface area contributed by atoms with Crippen molar-refractivity contribution in [1.82, 2.24) is 0 Å². The molecule has 1 aromatic carbocycles. The Bertz CT molecular complexity index is 387. The molecule has 0 amide bonds. The highest BCUT2D eigenvalue weighted by Gasteiger charge is 2.11. The number of benzene rings is 1. The van der Waals surface area contributed by atoms with E-state index in [9.17, 15) is 4.79 Å². The van der Waals surface area contributed by atoms with Crippen molar-refractivity contribution in [3.05, 3.63) is 23.8 Å². The van der Waals surface area contributed by atoms with Crippen LogP contribution in [0.4, 0.5) is 0 Å². The molecule has 16 heavy (non-hydrogen) atoms. The van der Waals surface area contributed by atoms with Gasteiger partial charge in [0.2, 0.25) is 0 Å². The third kappa shape index (κ3) is 2.66. The number of aryl methyl sites for hydroxylation is 1. The van der Waals surface area contributed by atoms with Gasteiger partial charge >= 0.3 is 5.97 Å². The van der Waals surface area contributed by atoms with Crippen LogP contribution in [0.3, 0.4) is 0 Å². The summed E-state index contributed by atoms with van der Waals surface area (Å²) in [6.07, 6.45) is 1.60. The van der Waals surface area contributed by atoms with Gasteiger partial charge in [0.15, 0.2) is 11.5 Å². The lowest BCUT2D eigenvalue weighted by Crippen LogP contribution is -2.15. The Kier molecular flexibility index (Phi) is 3.29. The molecule has 86 valence electrons. The summed E-state index contributed by atoms with van der Waals surface area (Å²) in [7, 11) is 0. The summed E-state index contributed by atoms with van der Waals surface area (Å²) in [6, 6.07) is 5.76. The van der Waals surface area contributed by atoms with Crippen molar-refractivity contribution >= 4 is 5.97 Å². The SMILES string of the molecule is O=C(O)CCCc1ccc2c(c1)OCCO2. The van der Waals surface area contributed by atoms with Gasteiger partial charge in [-0.1, -0.05) is 6.07 Å². The molecule has 4 nitrogen and oxygen atoms in total. The molecule has 0 atom stereocenters. The number of carboxylic acid groups (broad SMARTS) is 1. The minimum atomic E-state index is -0.752. The van der Waals surface area contributed by atoms with E-state index in [0.29, 0.717) is 19.6 Å². The first kappa shape index (κ1) is 10.8. The van der Waals surface area contributed by atoms with E-state index in [1.807, 2.05) is 18.2 Å². The smallest absolute Gasteiger partial charge is 0.303 e. The van der Waals surface area contributed by atoms with Crippen LogP contribution in [0.2, 0.25) is 0 Å². The molecule has 0 saturated carbocycles. The normalized spacial score (nSPS) is 13.5. The fourth-order valence-electron chi connectivity index (χ4n) is 1.69. The van der Waals surface area contributed by atoms with E-state index in [0.717, 1.165) is 23.5 Å². The molecule has 0 aromatic heterocycles. The van der Waals surface area contributed by atoms with Crippen molar-refractivity contribution in [3.63, 3.8) is 0 Å². The van der Waals surface area contributed by atoms with Gasteiger partial charge in [-0.15, -0.1) is 0 Å². The van der Waals surface area contributed by atoms with Gasteiger partial charge in [0.05, 0.1) is 0 Å². The highest BCUT2D eigenvalue weighted by Crippen LogP contribution is 2.31. The molecule has 0 fully saturated rings. The van der Waals surface area contributed by atoms with Crippen molar-refractivity contribution in [2.24, 2.45) is 0 Å². The summed E-state index contributed by atoms with van der Waals surface area (Å²) in [5.74, 6) is 0.782. The lowest BCUT2D eigenvalue weighted by Gasteiger charge is -2.18. The Balaban J connectivity index is 1.97. The Morgan fingerprint density at radius 3 is 2.75 bits per heavy atom. The maximum absolute atomic E-state index is 10.4. The first-order chi connectivity index (χ1) is 7.75. The zero-order valence-electron chi connectivity index (χ0n) is 8.94. The highest BCUT2D eigenvalue weighted by molar-refractivity contribution is 5.66. The fraction of sp³-hybridized carbons (Fsp3) is 0.417. The van der Waals surface area contributed by atoms with E-state index < -0.39 is 5.97 Å². The maximum Gasteiger partial charge on any atom is 0.303 e. The Morgan fingerprint density at radius 1 is 1.25 bits per heavy atom. The van der Waals surface area contributed by atoms with Gasteiger partial charge in [0.1, 0.15) is 13.2 Å². The number of rotatable bonds is 4. The van der Waals surface area contributed by atoms with Crippen molar-refractivity contribution in [2.45, 2.75) is 19.3 Å². The molecular formula is C12H14O4. The number of carboxylic acids is 1. The van der Waals surface area contributed by atoms with Crippen LogP contribution in [0.25, 0.3) is 0 Å². The van der Waals surface area contributed by atoms with Gasteiger partial charge in [-0.3, -0.25) is 4.79 Å².